The van der Waals surface area contributed by atoms with Crippen LogP contribution >= 0.6 is 0 Å². The molecule has 0 spiro atoms. The summed E-state index contributed by atoms with van der Waals surface area (Å²) in [6.07, 6.45) is 7.42. The summed E-state index contributed by atoms with van der Waals surface area (Å²) in [5.41, 5.74) is 0.467. The molecule has 0 aromatic carbocycles. The van der Waals surface area contributed by atoms with Gasteiger partial charge in [0.15, 0.2) is 0 Å². The molecule has 0 aromatic heterocycles. The minimum absolute atomic E-state index is 0.171. The van der Waals surface area contributed by atoms with Gasteiger partial charge in [-0.05, 0) is 56.9 Å². The molecule has 0 amide bonds. The van der Waals surface area contributed by atoms with E-state index in [9.17, 15) is 5.11 Å². The number of nitrogens with one attached hydrogen (secondary N) is 1. The summed E-state index contributed by atoms with van der Waals surface area (Å²) in [6.45, 7) is 9.95. The number of aliphatic hydroxyl groups is 1. The summed E-state index contributed by atoms with van der Waals surface area (Å²) in [6, 6.07) is 0.682. The fraction of sp³-hybridized carbons (Fsp3) is 1.00. The van der Waals surface area contributed by atoms with Gasteiger partial charge in [0.25, 0.3) is 0 Å². The Morgan fingerprint density at radius 1 is 1.18 bits per heavy atom. The van der Waals surface area contributed by atoms with Gasteiger partial charge in [-0.15, -0.1) is 0 Å². The first-order valence-electron chi connectivity index (χ1n) is 7.31. The van der Waals surface area contributed by atoms with E-state index in [2.05, 4.69) is 26.1 Å². The number of hydrogen-bond acceptors (Lipinski definition) is 2. The molecule has 102 valence electrons. The van der Waals surface area contributed by atoms with Crippen molar-refractivity contribution in [1.29, 1.82) is 0 Å². The summed E-state index contributed by atoms with van der Waals surface area (Å²) in [5, 5.41) is 12.9. The van der Waals surface area contributed by atoms with Crippen molar-refractivity contribution in [2.75, 3.05) is 6.54 Å². The van der Waals surface area contributed by atoms with Crippen LogP contribution in [0.2, 0.25) is 0 Å². The maximum atomic E-state index is 9.25. The van der Waals surface area contributed by atoms with Gasteiger partial charge in [-0.2, -0.15) is 0 Å². The van der Waals surface area contributed by atoms with E-state index in [4.69, 9.17) is 0 Å². The van der Waals surface area contributed by atoms with E-state index >= 15 is 0 Å². The van der Waals surface area contributed by atoms with Crippen molar-refractivity contribution in [2.45, 2.75) is 78.4 Å². The van der Waals surface area contributed by atoms with Gasteiger partial charge in [0.1, 0.15) is 0 Å². The van der Waals surface area contributed by atoms with E-state index in [-0.39, 0.29) is 6.10 Å². The minimum Gasteiger partial charge on any atom is -0.393 e. The highest BCUT2D eigenvalue weighted by Gasteiger charge is 2.27. The first kappa shape index (κ1) is 15.0. The normalized spacial score (nSPS) is 28.8. The molecule has 17 heavy (non-hydrogen) atoms. The highest BCUT2D eigenvalue weighted by Crippen LogP contribution is 2.36. The molecular weight excluding hydrogens is 210 g/mol. The molecule has 1 aliphatic carbocycles. The first-order chi connectivity index (χ1) is 7.89. The molecule has 1 aliphatic rings. The fourth-order valence-electron chi connectivity index (χ4n) is 2.87. The third-order valence-corrected chi connectivity index (χ3v) is 4.19. The third-order valence-electron chi connectivity index (χ3n) is 4.19. The van der Waals surface area contributed by atoms with Crippen LogP contribution in [-0.2, 0) is 0 Å². The van der Waals surface area contributed by atoms with Crippen LogP contribution in [0.25, 0.3) is 0 Å². The quantitative estimate of drug-likeness (QED) is 0.740. The van der Waals surface area contributed by atoms with Crippen LogP contribution in [0, 0.1) is 11.3 Å². The fourth-order valence-corrected chi connectivity index (χ4v) is 2.87. The summed E-state index contributed by atoms with van der Waals surface area (Å²) >= 11 is 0. The van der Waals surface area contributed by atoms with Crippen molar-refractivity contribution in [2.24, 2.45) is 11.3 Å². The second-order valence-corrected chi connectivity index (χ2v) is 6.86. The van der Waals surface area contributed by atoms with E-state index in [1.807, 2.05) is 6.92 Å². The van der Waals surface area contributed by atoms with E-state index in [1.54, 1.807) is 0 Å². The average Bonchev–Trinajstić information content (AvgIpc) is 2.41. The lowest BCUT2D eigenvalue weighted by Gasteiger charge is -2.29. The molecule has 1 rings (SSSR count). The highest BCUT2D eigenvalue weighted by atomic mass is 16.3. The summed E-state index contributed by atoms with van der Waals surface area (Å²) in [7, 11) is 0. The SMILES string of the molecule is CC(O)CCNC1CCCC(C(C)(C)C)CC1. The highest BCUT2D eigenvalue weighted by molar-refractivity contribution is 4.81. The Morgan fingerprint density at radius 2 is 1.88 bits per heavy atom. The van der Waals surface area contributed by atoms with Gasteiger partial charge in [0, 0.05) is 6.04 Å². The lowest BCUT2D eigenvalue weighted by Crippen LogP contribution is -2.31. The van der Waals surface area contributed by atoms with Crippen LogP contribution in [0.5, 0.6) is 0 Å². The van der Waals surface area contributed by atoms with Gasteiger partial charge in [-0.1, -0.05) is 27.2 Å². The van der Waals surface area contributed by atoms with Gasteiger partial charge in [0.2, 0.25) is 0 Å². The van der Waals surface area contributed by atoms with E-state index in [1.165, 1.54) is 32.1 Å². The zero-order valence-electron chi connectivity index (χ0n) is 12.1. The third kappa shape index (κ3) is 5.87. The maximum Gasteiger partial charge on any atom is 0.0524 e. The van der Waals surface area contributed by atoms with Gasteiger partial charge in [0.05, 0.1) is 6.10 Å². The molecule has 2 N–H and O–H groups in total. The van der Waals surface area contributed by atoms with Crippen molar-refractivity contribution < 1.29 is 5.11 Å². The molecule has 0 heterocycles. The summed E-state index contributed by atoms with van der Waals surface area (Å²) in [4.78, 5) is 0. The van der Waals surface area contributed by atoms with Crippen molar-refractivity contribution in [1.82, 2.24) is 5.32 Å². The Hall–Kier alpha value is -0.0800. The average molecular weight is 241 g/mol. The molecular formula is C15H31NO. The van der Waals surface area contributed by atoms with Crippen molar-refractivity contribution in [3.8, 4) is 0 Å². The Kier molecular flexibility index (Phi) is 5.94. The van der Waals surface area contributed by atoms with Crippen LogP contribution in [0.3, 0.4) is 0 Å². The number of rotatable bonds is 4. The topological polar surface area (TPSA) is 32.3 Å². The van der Waals surface area contributed by atoms with Crippen molar-refractivity contribution in [3.63, 3.8) is 0 Å². The van der Waals surface area contributed by atoms with Crippen LogP contribution in [0.4, 0.5) is 0 Å². The molecule has 0 radical (unpaired) electrons. The maximum absolute atomic E-state index is 9.25. The van der Waals surface area contributed by atoms with Crippen LogP contribution < -0.4 is 5.32 Å². The molecule has 1 saturated carbocycles. The molecule has 1 fully saturated rings. The second kappa shape index (κ2) is 6.75. The Labute approximate surface area is 107 Å². The van der Waals surface area contributed by atoms with E-state index in [0.29, 0.717) is 11.5 Å². The monoisotopic (exact) mass is 241 g/mol. The van der Waals surface area contributed by atoms with Gasteiger partial charge >= 0.3 is 0 Å². The Bertz CT molecular complexity index is 207. The Morgan fingerprint density at radius 3 is 2.47 bits per heavy atom. The lowest BCUT2D eigenvalue weighted by atomic mass is 9.76. The molecule has 3 unspecified atom stereocenters. The number of hydrogen-bond donors (Lipinski definition) is 2. The largest absolute Gasteiger partial charge is 0.393 e. The van der Waals surface area contributed by atoms with Crippen LogP contribution in [0.1, 0.15) is 66.2 Å². The molecule has 2 heteroatoms. The number of aliphatic hydroxyl groups excluding tert-OH is 1. The van der Waals surface area contributed by atoms with Crippen LogP contribution in [-0.4, -0.2) is 23.8 Å². The lowest BCUT2D eigenvalue weighted by molar-refractivity contribution is 0.181. The predicted molar refractivity (Wildman–Crippen MR) is 74.1 cm³/mol. The van der Waals surface area contributed by atoms with Crippen molar-refractivity contribution in [3.05, 3.63) is 0 Å². The standard InChI is InChI=1S/C15H31NO/c1-12(17)10-11-16-14-7-5-6-13(8-9-14)15(2,3)4/h12-14,16-17H,5-11H2,1-4H3. The van der Waals surface area contributed by atoms with Crippen molar-refractivity contribution >= 4 is 0 Å². The molecule has 0 aromatic rings. The van der Waals surface area contributed by atoms with Crippen LogP contribution in [0.15, 0.2) is 0 Å². The molecule has 0 aliphatic heterocycles. The van der Waals surface area contributed by atoms with Gasteiger partial charge in [-0.25, -0.2) is 0 Å². The molecule has 2 nitrogen and oxygen atoms in total. The zero-order chi connectivity index (χ0) is 12.9. The second-order valence-electron chi connectivity index (χ2n) is 6.86. The molecule has 0 bridgehead atoms. The smallest absolute Gasteiger partial charge is 0.0524 e. The van der Waals surface area contributed by atoms with Gasteiger partial charge in [-0.3, -0.25) is 0 Å². The van der Waals surface area contributed by atoms with E-state index in [0.717, 1.165) is 18.9 Å². The summed E-state index contributed by atoms with van der Waals surface area (Å²) in [5.74, 6) is 0.881. The zero-order valence-corrected chi connectivity index (χ0v) is 12.1. The summed E-state index contributed by atoms with van der Waals surface area (Å²) < 4.78 is 0. The minimum atomic E-state index is -0.171. The first-order valence-corrected chi connectivity index (χ1v) is 7.31. The van der Waals surface area contributed by atoms with E-state index < -0.39 is 0 Å². The van der Waals surface area contributed by atoms with Gasteiger partial charge < -0.3 is 10.4 Å². The molecule has 0 saturated heterocycles. The predicted octanol–water partition coefficient (Wildman–Crippen LogP) is 3.34. The molecule has 3 atom stereocenters. The Balaban J connectivity index is 2.28.